The van der Waals surface area contributed by atoms with Crippen molar-refractivity contribution < 1.29 is 23.1 Å². The third-order valence-corrected chi connectivity index (χ3v) is 2.42. The molecule has 1 rings (SSSR count). The first-order valence-corrected chi connectivity index (χ1v) is 5.34. The van der Waals surface area contributed by atoms with Gasteiger partial charge in [0.25, 0.3) is 0 Å². The highest BCUT2D eigenvalue weighted by atomic mass is 35.5. The number of benzene rings is 1. The van der Waals surface area contributed by atoms with Gasteiger partial charge in [0.2, 0.25) is 0 Å². The van der Waals surface area contributed by atoms with Crippen LogP contribution in [0.25, 0.3) is 0 Å². The fraction of sp³-hybridized carbons (Fsp3) is 0.273. The summed E-state index contributed by atoms with van der Waals surface area (Å²) in [5.41, 5.74) is 0.0939. The van der Waals surface area contributed by atoms with Crippen molar-refractivity contribution in [3.8, 4) is 6.07 Å². The van der Waals surface area contributed by atoms with Crippen LogP contribution < -0.4 is 4.90 Å². The minimum atomic E-state index is -4.56. The SMILES string of the molecule is N#Cc1ccc(N(CC(=O)O)CC(F)(F)F)c(Cl)c1. The highest BCUT2D eigenvalue weighted by Gasteiger charge is 2.32. The number of hydrogen-bond donors (Lipinski definition) is 1. The van der Waals surface area contributed by atoms with Gasteiger partial charge in [0, 0.05) is 0 Å². The molecule has 0 aromatic heterocycles. The van der Waals surface area contributed by atoms with Crippen LogP contribution in [-0.2, 0) is 4.79 Å². The van der Waals surface area contributed by atoms with Crippen LogP contribution in [0.4, 0.5) is 18.9 Å². The van der Waals surface area contributed by atoms with Gasteiger partial charge < -0.3 is 10.0 Å². The summed E-state index contributed by atoms with van der Waals surface area (Å²) in [6.07, 6.45) is -4.56. The van der Waals surface area contributed by atoms with Crippen LogP contribution in [0.5, 0.6) is 0 Å². The highest BCUT2D eigenvalue weighted by molar-refractivity contribution is 6.33. The molecule has 0 spiro atoms. The van der Waals surface area contributed by atoms with Gasteiger partial charge >= 0.3 is 12.1 Å². The van der Waals surface area contributed by atoms with Crippen molar-refractivity contribution in [2.45, 2.75) is 6.18 Å². The van der Waals surface area contributed by atoms with E-state index >= 15 is 0 Å². The molecule has 1 aromatic carbocycles. The van der Waals surface area contributed by atoms with Gasteiger partial charge in [-0.05, 0) is 18.2 Å². The number of nitrogens with zero attached hydrogens (tertiary/aromatic N) is 2. The largest absolute Gasteiger partial charge is 0.480 e. The Bertz CT molecular complexity index is 526. The molecule has 19 heavy (non-hydrogen) atoms. The van der Waals surface area contributed by atoms with Crippen LogP contribution in [0.15, 0.2) is 18.2 Å². The monoisotopic (exact) mass is 292 g/mol. The molecular formula is C11H8ClF3N2O2. The quantitative estimate of drug-likeness (QED) is 0.926. The summed E-state index contributed by atoms with van der Waals surface area (Å²) in [7, 11) is 0. The molecule has 0 aliphatic heterocycles. The number of nitriles is 1. The van der Waals surface area contributed by atoms with E-state index < -0.39 is 25.2 Å². The number of aliphatic carboxylic acids is 1. The molecular weight excluding hydrogens is 285 g/mol. The molecule has 0 saturated carbocycles. The number of alkyl halides is 3. The Morgan fingerprint density at radius 1 is 1.47 bits per heavy atom. The summed E-state index contributed by atoms with van der Waals surface area (Å²) in [6, 6.07) is 5.42. The first-order valence-electron chi connectivity index (χ1n) is 4.96. The van der Waals surface area contributed by atoms with Gasteiger partial charge in [0.05, 0.1) is 22.3 Å². The summed E-state index contributed by atoms with van der Waals surface area (Å²) in [5.74, 6) is -1.41. The van der Waals surface area contributed by atoms with E-state index in [1.165, 1.54) is 18.2 Å². The van der Waals surface area contributed by atoms with Crippen LogP contribution in [0.3, 0.4) is 0 Å². The van der Waals surface area contributed by atoms with Crippen LogP contribution >= 0.6 is 11.6 Å². The summed E-state index contributed by atoms with van der Waals surface area (Å²) in [4.78, 5) is 11.2. The summed E-state index contributed by atoms with van der Waals surface area (Å²) in [6.45, 7) is -2.28. The summed E-state index contributed by atoms with van der Waals surface area (Å²) in [5, 5.41) is 17.1. The van der Waals surface area contributed by atoms with E-state index in [1.54, 1.807) is 6.07 Å². The van der Waals surface area contributed by atoms with Crippen LogP contribution in [0.1, 0.15) is 5.56 Å². The van der Waals surface area contributed by atoms with E-state index in [0.717, 1.165) is 0 Å². The standard InChI is InChI=1S/C11H8ClF3N2O2/c12-8-3-7(4-16)1-2-9(8)17(5-10(18)19)6-11(13,14)15/h1-3H,5-6H2,(H,18,19). The third kappa shape index (κ3) is 4.67. The van der Waals surface area contributed by atoms with Crippen molar-refractivity contribution in [2.75, 3.05) is 18.0 Å². The predicted molar refractivity (Wildman–Crippen MR) is 62.1 cm³/mol. The molecule has 0 aliphatic rings. The number of halogens is 4. The number of hydrogen-bond acceptors (Lipinski definition) is 3. The van der Waals surface area contributed by atoms with Gasteiger partial charge in [-0.15, -0.1) is 0 Å². The summed E-state index contributed by atoms with van der Waals surface area (Å²) >= 11 is 5.76. The Labute approximate surface area is 111 Å². The topological polar surface area (TPSA) is 64.3 Å². The van der Waals surface area contributed by atoms with E-state index in [1.807, 2.05) is 0 Å². The predicted octanol–water partition coefficient (Wildman–Crippen LogP) is 2.66. The molecule has 0 atom stereocenters. The van der Waals surface area contributed by atoms with Crippen LogP contribution in [0, 0.1) is 11.3 Å². The van der Waals surface area contributed by atoms with Crippen molar-refractivity contribution >= 4 is 23.3 Å². The average molecular weight is 293 g/mol. The minimum Gasteiger partial charge on any atom is -0.480 e. The van der Waals surface area contributed by atoms with Gasteiger partial charge in [-0.1, -0.05) is 11.6 Å². The van der Waals surface area contributed by atoms with Gasteiger partial charge in [0.1, 0.15) is 13.1 Å². The van der Waals surface area contributed by atoms with Crippen LogP contribution in [-0.4, -0.2) is 30.3 Å². The van der Waals surface area contributed by atoms with Crippen molar-refractivity contribution in [2.24, 2.45) is 0 Å². The number of carboxylic acids is 1. The van der Waals surface area contributed by atoms with Crippen molar-refractivity contribution in [1.82, 2.24) is 0 Å². The Balaban J connectivity index is 3.10. The molecule has 0 saturated heterocycles. The zero-order valence-electron chi connectivity index (χ0n) is 9.41. The van der Waals surface area contributed by atoms with Crippen molar-refractivity contribution in [1.29, 1.82) is 5.26 Å². The molecule has 0 bridgehead atoms. The normalized spacial score (nSPS) is 10.9. The Kier molecular flexibility index (Phi) is 4.62. The molecule has 0 heterocycles. The number of rotatable bonds is 4. The highest BCUT2D eigenvalue weighted by Crippen LogP contribution is 2.29. The second kappa shape index (κ2) is 5.80. The lowest BCUT2D eigenvalue weighted by molar-refractivity contribution is -0.136. The third-order valence-electron chi connectivity index (χ3n) is 2.11. The number of anilines is 1. The number of carbonyl (C=O) groups is 1. The molecule has 8 heteroatoms. The molecule has 0 radical (unpaired) electrons. The molecule has 0 amide bonds. The van der Waals surface area contributed by atoms with E-state index in [-0.39, 0.29) is 16.3 Å². The van der Waals surface area contributed by atoms with E-state index in [2.05, 4.69) is 0 Å². The fourth-order valence-corrected chi connectivity index (χ4v) is 1.74. The molecule has 1 N–H and O–H groups in total. The average Bonchev–Trinajstić information content (AvgIpc) is 2.25. The fourth-order valence-electron chi connectivity index (χ4n) is 1.44. The summed E-state index contributed by atoms with van der Waals surface area (Å²) < 4.78 is 37.2. The van der Waals surface area contributed by atoms with E-state index in [4.69, 9.17) is 22.0 Å². The lowest BCUT2D eigenvalue weighted by Gasteiger charge is -2.25. The molecule has 0 fully saturated rings. The molecule has 1 aromatic rings. The molecule has 0 aliphatic carbocycles. The Morgan fingerprint density at radius 3 is 2.53 bits per heavy atom. The van der Waals surface area contributed by atoms with Crippen molar-refractivity contribution in [3.63, 3.8) is 0 Å². The first-order chi connectivity index (χ1) is 8.73. The Hall–Kier alpha value is -1.94. The van der Waals surface area contributed by atoms with E-state index in [9.17, 15) is 18.0 Å². The van der Waals surface area contributed by atoms with Gasteiger partial charge in [-0.3, -0.25) is 4.79 Å². The van der Waals surface area contributed by atoms with Crippen LogP contribution in [0.2, 0.25) is 5.02 Å². The van der Waals surface area contributed by atoms with E-state index in [0.29, 0.717) is 4.90 Å². The zero-order chi connectivity index (χ0) is 14.6. The lowest BCUT2D eigenvalue weighted by atomic mass is 10.2. The first kappa shape index (κ1) is 15.1. The second-order valence-corrected chi connectivity index (χ2v) is 4.05. The second-order valence-electron chi connectivity index (χ2n) is 3.64. The molecule has 4 nitrogen and oxygen atoms in total. The molecule has 102 valence electrons. The maximum atomic E-state index is 12.4. The van der Waals surface area contributed by atoms with Gasteiger partial charge in [-0.25, -0.2) is 0 Å². The number of carboxylic acid groups (broad SMARTS) is 1. The van der Waals surface area contributed by atoms with Gasteiger partial charge in [0.15, 0.2) is 0 Å². The Morgan fingerprint density at radius 2 is 2.11 bits per heavy atom. The maximum absolute atomic E-state index is 12.4. The molecule has 0 unspecified atom stereocenters. The minimum absolute atomic E-state index is 0.0830. The lowest BCUT2D eigenvalue weighted by Crippen LogP contribution is -2.38. The van der Waals surface area contributed by atoms with Gasteiger partial charge in [-0.2, -0.15) is 18.4 Å². The van der Waals surface area contributed by atoms with Crippen molar-refractivity contribution in [3.05, 3.63) is 28.8 Å². The maximum Gasteiger partial charge on any atom is 0.405 e. The smallest absolute Gasteiger partial charge is 0.405 e. The zero-order valence-corrected chi connectivity index (χ0v) is 10.2.